The van der Waals surface area contributed by atoms with Crippen LogP contribution in [0.1, 0.15) is 30.6 Å². The summed E-state index contributed by atoms with van der Waals surface area (Å²) in [7, 11) is 0. The van der Waals surface area contributed by atoms with Gasteiger partial charge in [0.05, 0.1) is 24.7 Å². The number of anilines is 1. The van der Waals surface area contributed by atoms with E-state index in [0.717, 1.165) is 0 Å². The van der Waals surface area contributed by atoms with Crippen LogP contribution in [0.4, 0.5) is 5.69 Å². The standard InChI is InChI=1S/C22H24N2O4/c1-17(2)15-27-20-11-9-18(10-12-20)22(26)28-16-21(25)24(14-6-13-23)19-7-4-3-5-8-19/h3-5,7-12,17H,6,14-16H2,1-2H3. The van der Waals surface area contributed by atoms with Crippen molar-refractivity contribution in [3.63, 3.8) is 0 Å². The van der Waals surface area contributed by atoms with Crippen LogP contribution in [-0.2, 0) is 9.53 Å². The van der Waals surface area contributed by atoms with Crippen LogP contribution in [0.25, 0.3) is 0 Å². The Morgan fingerprint density at radius 1 is 1.07 bits per heavy atom. The largest absolute Gasteiger partial charge is 0.493 e. The van der Waals surface area contributed by atoms with Crippen LogP contribution in [-0.4, -0.2) is 31.6 Å². The Morgan fingerprint density at radius 3 is 2.36 bits per heavy atom. The van der Waals surface area contributed by atoms with Gasteiger partial charge in [0, 0.05) is 12.2 Å². The summed E-state index contributed by atoms with van der Waals surface area (Å²) in [5.74, 6) is 0.112. The molecule has 146 valence electrons. The predicted octanol–water partition coefficient (Wildman–Crippen LogP) is 3.83. The maximum Gasteiger partial charge on any atom is 0.338 e. The lowest BCUT2D eigenvalue weighted by molar-refractivity contribution is -0.121. The predicted molar refractivity (Wildman–Crippen MR) is 106 cm³/mol. The maximum atomic E-state index is 12.5. The molecule has 0 aliphatic rings. The molecule has 0 saturated carbocycles. The zero-order valence-corrected chi connectivity index (χ0v) is 16.1. The molecule has 0 fully saturated rings. The van der Waals surface area contributed by atoms with Crippen LogP contribution in [0.15, 0.2) is 54.6 Å². The summed E-state index contributed by atoms with van der Waals surface area (Å²) in [6, 6.07) is 17.6. The molecule has 0 heterocycles. The third kappa shape index (κ3) is 6.44. The molecule has 0 atom stereocenters. The molecule has 0 saturated heterocycles. The van der Waals surface area contributed by atoms with Gasteiger partial charge in [-0.25, -0.2) is 4.79 Å². The third-order valence-corrected chi connectivity index (χ3v) is 3.82. The molecule has 2 aromatic carbocycles. The van der Waals surface area contributed by atoms with E-state index in [2.05, 4.69) is 13.8 Å². The Kier molecular flexibility index (Phi) is 8.04. The molecule has 2 aromatic rings. The highest BCUT2D eigenvalue weighted by Gasteiger charge is 2.18. The number of hydrogen-bond acceptors (Lipinski definition) is 5. The molecule has 28 heavy (non-hydrogen) atoms. The SMILES string of the molecule is CC(C)COc1ccc(C(=O)OCC(=O)N(CCC#N)c2ccccc2)cc1. The van der Waals surface area contributed by atoms with Gasteiger partial charge in [-0.1, -0.05) is 32.0 Å². The number of para-hydroxylation sites is 1. The summed E-state index contributed by atoms with van der Waals surface area (Å²) in [6.07, 6.45) is 0.187. The van der Waals surface area contributed by atoms with Gasteiger partial charge >= 0.3 is 5.97 Å². The van der Waals surface area contributed by atoms with Crippen molar-refractivity contribution < 1.29 is 19.1 Å². The number of amides is 1. The minimum atomic E-state index is -0.586. The quantitative estimate of drug-likeness (QED) is 0.618. The second-order valence-corrected chi connectivity index (χ2v) is 6.59. The van der Waals surface area contributed by atoms with Crippen molar-refractivity contribution in [3.8, 4) is 11.8 Å². The van der Waals surface area contributed by atoms with Crippen LogP contribution in [0, 0.1) is 17.2 Å². The lowest BCUT2D eigenvalue weighted by Crippen LogP contribution is -2.35. The van der Waals surface area contributed by atoms with Crippen molar-refractivity contribution in [3.05, 3.63) is 60.2 Å². The van der Waals surface area contributed by atoms with Crippen molar-refractivity contribution in [1.82, 2.24) is 0 Å². The number of carbonyl (C=O) groups is 2. The molecule has 6 heteroatoms. The average molecular weight is 380 g/mol. The lowest BCUT2D eigenvalue weighted by Gasteiger charge is -2.21. The number of esters is 1. The number of benzene rings is 2. The average Bonchev–Trinajstić information content (AvgIpc) is 2.72. The topological polar surface area (TPSA) is 79.6 Å². The van der Waals surface area contributed by atoms with Crippen molar-refractivity contribution in [1.29, 1.82) is 5.26 Å². The zero-order valence-electron chi connectivity index (χ0n) is 16.1. The van der Waals surface area contributed by atoms with Crippen LogP contribution in [0.3, 0.4) is 0 Å². The van der Waals surface area contributed by atoms with E-state index in [1.807, 2.05) is 12.1 Å². The molecule has 6 nitrogen and oxygen atoms in total. The zero-order chi connectivity index (χ0) is 20.4. The number of hydrogen-bond donors (Lipinski definition) is 0. The molecule has 0 unspecified atom stereocenters. The summed E-state index contributed by atoms with van der Waals surface area (Å²) < 4.78 is 10.7. The Balaban J connectivity index is 1.94. The second kappa shape index (κ2) is 10.7. The molecule has 0 spiro atoms. The van der Waals surface area contributed by atoms with E-state index < -0.39 is 12.6 Å². The Bertz CT molecular complexity index is 811. The van der Waals surface area contributed by atoms with Crippen molar-refractivity contribution >= 4 is 17.6 Å². The molecular weight excluding hydrogens is 356 g/mol. The first kappa shape index (κ1) is 21.0. The van der Waals surface area contributed by atoms with Gasteiger partial charge in [-0.15, -0.1) is 0 Å². The van der Waals surface area contributed by atoms with E-state index in [1.165, 1.54) is 4.90 Å². The van der Waals surface area contributed by atoms with Gasteiger partial charge in [-0.3, -0.25) is 4.79 Å². The number of carbonyl (C=O) groups excluding carboxylic acids is 2. The second-order valence-electron chi connectivity index (χ2n) is 6.59. The molecular formula is C22H24N2O4. The number of nitrogens with zero attached hydrogens (tertiary/aromatic N) is 2. The van der Waals surface area contributed by atoms with Gasteiger partial charge in [0.25, 0.3) is 5.91 Å². The van der Waals surface area contributed by atoms with E-state index in [1.54, 1.807) is 48.5 Å². The normalized spacial score (nSPS) is 10.2. The Morgan fingerprint density at radius 2 is 1.75 bits per heavy atom. The number of rotatable bonds is 9. The van der Waals surface area contributed by atoms with E-state index in [0.29, 0.717) is 29.5 Å². The molecule has 0 aliphatic carbocycles. The highest BCUT2D eigenvalue weighted by molar-refractivity contribution is 5.97. The van der Waals surface area contributed by atoms with Crippen molar-refractivity contribution in [2.24, 2.45) is 5.92 Å². The van der Waals surface area contributed by atoms with Gasteiger partial charge in [0.15, 0.2) is 6.61 Å². The fourth-order valence-electron chi connectivity index (χ4n) is 2.41. The van der Waals surface area contributed by atoms with Crippen molar-refractivity contribution in [2.75, 3.05) is 24.7 Å². The first-order chi connectivity index (χ1) is 13.5. The van der Waals surface area contributed by atoms with Crippen LogP contribution in [0.2, 0.25) is 0 Å². The molecule has 0 N–H and O–H groups in total. The summed E-state index contributed by atoms with van der Waals surface area (Å²) in [6.45, 7) is 4.54. The molecule has 0 bridgehead atoms. The van der Waals surface area contributed by atoms with Crippen LogP contribution in [0.5, 0.6) is 5.75 Å². The fourth-order valence-corrected chi connectivity index (χ4v) is 2.41. The molecule has 0 radical (unpaired) electrons. The van der Waals surface area contributed by atoms with E-state index in [-0.39, 0.29) is 18.9 Å². The van der Waals surface area contributed by atoms with Crippen molar-refractivity contribution in [2.45, 2.75) is 20.3 Å². The molecule has 0 aromatic heterocycles. The maximum absolute atomic E-state index is 12.5. The number of ether oxygens (including phenoxy) is 2. The highest BCUT2D eigenvalue weighted by atomic mass is 16.5. The Hall–Kier alpha value is -3.33. The van der Waals surface area contributed by atoms with Gasteiger partial charge in [-0.2, -0.15) is 5.26 Å². The first-order valence-electron chi connectivity index (χ1n) is 9.13. The minimum Gasteiger partial charge on any atom is -0.493 e. The summed E-state index contributed by atoms with van der Waals surface area (Å²) in [5.41, 5.74) is 0.999. The summed E-state index contributed by atoms with van der Waals surface area (Å²) in [4.78, 5) is 26.2. The van der Waals surface area contributed by atoms with E-state index in [4.69, 9.17) is 14.7 Å². The van der Waals surface area contributed by atoms with Gasteiger partial charge in [-0.05, 0) is 42.3 Å². The van der Waals surface area contributed by atoms with Gasteiger partial charge in [0.2, 0.25) is 0 Å². The van der Waals surface area contributed by atoms with Gasteiger partial charge in [0.1, 0.15) is 5.75 Å². The summed E-state index contributed by atoms with van der Waals surface area (Å²) >= 11 is 0. The molecule has 1 amide bonds. The summed E-state index contributed by atoms with van der Waals surface area (Å²) in [5, 5.41) is 8.82. The monoisotopic (exact) mass is 380 g/mol. The third-order valence-electron chi connectivity index (χ3n) is 3.82. The fraction of sp³-hybridized carbons (Fsp3) is 0.318. The van der Waals surface area contributed by atoms with E-state index >= 15 is 0 Å². The minimum absolute atomic E-state index is 0.187. The lowest BCUT2D eigenvalue weighted by atomic mass is 10.2. The highest BCUT2D eigenvalue weighted by Crippen LogP contribution is 2.16. The smallest absolute Gasteiger partial charge is 0.338 e. The Labute approximate surface area is 165 Å². The van der Waals surface area contributed by atoms with E-state index in [9.17, 15) is 9.59 Å². The van der Waals surface area contributed by atoms with Crippen LogP contribution < -0.4 is 9.64 Å². The van der Waals surface area contributed by atoms with Gasteiger partial charge < -0.3 is 14.4 Å². The number of nitriles is 1. The molecule has 2 rings (SSSR count). The first-order valence-corrected chi connectivity index (χ1v) is 9.13. The molecule has 0 aliphatic heterocycles. The van der Waals surface area contributed by atoms with Crippen LogP contribution >= 0.6 is 0 Å².